The Morgan fingerprint density at radius 2 is 1.92 bits per heavy atom. The summed E-state index contributed by atoms with van der Waals surface area (Å²) in [6.07, 6.45) is -3.52. The van der Waals surface area contributed by atoms with E-state index in [4.69, 9.17) is 32.1 Å². The zero-order valence-electron chi connectivity index (χ0n) is 12.3. The second kappa shape index (κ2) is 8.75. The summed E-state index contributed by atoms with van der Waals surface area (Å²) < 4.78 is 48.6. The topological polar surface area (TPSA) is 48.4 Å². The van der Waals surface area contributed by atoms with Crippen LogP contribution in [0.2, 0.25) is 10.0 Å². The molecule has 0 aliphatic carbocycles. The molecular weight excluding hydrogens is 402 g/mol. The van der Waals surface area contributed by atoms with E-state index in [2.05, 4.69) is 4.98 Å². The molecule has 134 valence electrons. The van der Waals surface area contributed by atoms with Gasteiger partial charge in [0.1, 0.15) is 11.6 Å². The highest BCUT2D eigenvalue weighted by atomic mass is 35.5. The smallest absolute Gasteiger partial charge is 0.419 e. The van der Waals surface area contributed by atoms with Crippen molar-refractivity contribution in [3.8, 4) is 0 Å². The summed E-state index contributed by atoms with van der Waals surface area (Å²) in [7, 11) is 0. The normalized spacial score (nSPS) is 11.4. The lowest BCUT2D eigenvalue weighted by Gasteiger charge is -2.11. The molecule has 2 rings (SSSR count). The molecule has 0 fully saturated rings. The van der Waals surface area contributed by atoms with Gasteiger partial charge >= 0.3 is 12.1 Å². The number of carbonyl (C=O) groups is 1. The lowest BCUT2D eigenvalue weighted by atomic mass is 10.2. The number of ether oxygens (including phenoxy) is 1. The van der Waals surface area contributed by atoms with Crippen molar-refractivity contribution >= 4 is 41.2 Å². The summed E-state index contributed by atoms with van der Waals surface area (Å²) in [6, 6.07) is 6.93. The third-order valence-corrected chi connectivity index (χ3v) is 3.93. The van der Waals surface area contributed by atoms with Gasteiger partial charge < -0.3 is 8.92 Å². The Kier molecular flexibility index (Phi) is 6.95. The Morgan fingerprint density at radius 1 is 1.16 bits per heavy atom. The van der Waals surface area contributed by atoms with Gasteiger partial charge in [0.2, 0.25) is 0 Å². The highest BCUT2D eigenvalue weighted by Crippen LogP contribution is 2.37. The van der Waals surface area contributed by atoms with Crippen molar-refractivity contribution in [1.82, 2.24) is 4.98 Å². The van der Waals surface area contributed by atoms with E-state index >= 15 is 0 Å². The number of hydrogen-bond donors (Lipinski definition) is 0. The first-order valence-electron chi connectivity index (χ1n) is 6.72. The number of benzene rings is 1. The number of nitrogens with zero attached hydrogens (tertiary/aromatic N) is 1. The zero-order chi connectivity index (χ0) is 18.4. The molecule has 0 atom stereocenters. The molecule has 0 aliphatic rings. The molecule has 10 heteroatoms. The van der Waals surface area contributed by atoms with Crippen LogP contribution in [-0.4, -0.2) is 24.2 Å². The summed E-state index contributed by atoms with van der Waals surface area (Å²) in [5.74, 6) is -0.614. The predicted molar refractivity (Wildman–Crippen MR) is 87.8 cm³/mol. The maximum absolute atomic E-state index is 12.9. The lowest BCUT2D eigenvalue weighted by molar-refractivity contribution is -0.140. The quantitative estimate of drug-likeness (QED) is 0.367. The van der Waals surface area contributed by atoms with Gasteiger partial charge in [-0.05, 0) is 24.3 Å². The summed E-state index contributed by atoms with van der Waals surface area (Å²) in [5.41, 5.74) is -0.736. The second-order valence-corrected chi connectivity index (χ2v) is 6.22. The number of aromatic nitrogens is 1. The average molecular weight is 412 g/mol. The van der Waals surface area contributed by atoms with E-state index in [9.17, 15) is 18.0 Å². The van der Waals surface area contributed by atoms with Crippen LogP contribution in [0, 0.1) is 0 Å². The maximum atomic E-state index is 12.9. The van der Waals surface area contributed by atoms with Crippen LogP contribution in [-0.2, 0) is 15.1 Å². The van der Waals surface area contributed by atoms with Crippen LogP contribution in [0.3, 0.4) is 0 Å². The summed E-state index contributed by atoms with van der Waals surface area (Å²) >= 11 is 11.7. The molecule has 0 N–H and O–H groups in total. The minimum atomic E-state index is -4.61. The van der Waals surface area contributed by atoms with Crippen LogP contribution in [0.5, 0.6) is 0 Å². The van der Waals surface area contributed by atoms with Crippen molar-refractivity contribution in [2.75, 3.05) is 13.2 Å². The number of esters is 1. The number of rotatable bonds is 6. The fraction of sp³-hybridized carbons (Fsp3) is 0.200. The van der Waals surface area contributed by atoms with Gasteiger partial charge in [-0.25, -0.2) is 9.78 Å². The fourth-order valence-electron chi connectivity index (χ4n) is 1.66. The Labute approximate surface area is 155 Å². The van der Waals surface area contributed by atoms with Gasteiger partial charge in [0.15, 0.2) is 0 Å². The Bertz CT molecular complexity index is 759. The third kappa shape index (κ3) is 6.07. The third-order valence-electron chi connectivity index (χ3n) is 2.72. The van der Waals surface area contributed by atoms with Crippen molar-refractivity contribution in [3.05, 3.63) is 57.7 Å². The first-order chi connectivity index (χ1) is 11.8. The van der Waals surface area contributed by atoms with Gasteiger partial charge in [0.25, 0.3) is 0 Å². The number of halogens is 5. The molecule has 0 unspecified atom stereocenters. The molecule has 1 heterocycles. The van der Waals surface area contributed by atoms with Crippen LogP contribution in [0.25, 0.3) is 0 Å². The van der Waals surface area contributed by atoms with Gasteiger partial charge in [-0.15, -0.1) is 0 Å². The summed E-state index contributed by atoms with van der Waals surface area (Å²) in [5, 5.41) is -0.125. The van der Waals surface area contributed by atoms with Crippen LogP contribution < -0.4 is 0 Å². The molecule has 0 saturated carbocycles. The first kappa shape index (κ1) is 19.8. The SMILES string of the molecule is O=C(OCCOSc1ncc(Cl)cc1C(F)(F)F)c1cccc(Cl)c1. The molecule has 4 nitrogen and oxygen atoms in total. The van der Waals surface area contributed by atoms with Crippen LogP contribution >= 0.6 is 35.2 Å². The van der Waals surface area contributed by atoms with Crippen LogP contribution in [0.15, 0.2) is 41.6 Å². The highest BCUT2D eigenvalue weighted by molar-refractivity contribution is 7.94. The molecule has 0 spiro atoms. The standard InChI is InChI=1S/C15H10Cl2F3NO3S/c16-10-3-1-2-9(6-10)14(22)23-4-5-24-25-13-12(15(18,19)20)7-11(17)8-21-13/h1-3,6-8H,4-5H2. The average Bonchev–Trinajstić information content (AvgIpc) is 2.54. The van der Waals surface area contributed by atoms with Crippen molar-refractivity contribution in [2.45, 2.75) is 11.2 Å². The van der Waals surface area contributed by atoms with E-state index in [1.165, 1.54) is 12.1 Å². The number of hydrogen-bond acceptors (Lipinski definition) is 5. The first-order valence-corrected chi connectivity index (χ1v) is 8.22. The predicted octanol–water partition coefficient (Wildman–Crippen LogP) is 5.29. The van der Waals surface area contributed by atoms with Gasteiger partial charge in [0, 0.05) is 23.3 Å². The molecule has 0 amide bonds. The Hall–Kier alpha value is -1.48. The largest absolute Gasteiger partial charge is 0.460 e. The number of pyridine rings is 1. The van der Waals surface area contributed by atoms with E-state index in [0.717, 1.165) is 12.3 Å². The molecule has 1 aromatic heterocycles. The Morgan fingerprint density at radius 3 is 2.60 bits per heavy atom. The zero-order valence-corrected chi connectivity index (χ0v) is 14.7. The van der Waals surface area contributed by atoms with Gasteiger partial charge in [-0.1, -0.05) is 29.3 Å². The maximum Gasteiger partial charge on any atom is 0.419 e. The van der Waals surface area contributed by atoms with Crippen molar-refractivity contribution in [1.29, 1.82) is 0 Å². The number of carbonyl (C=O) groups excluding carboxylic acids is 1. The van der Waals surface area contributed by atoms with Gasteiger partial charge in [0.05, 0.1) is 22.8 Å². The fourth-order valence-corrected chi connectivity index (χ4v) is 2.63. The van der Waals surface area contributed by atoms with Crippen molar-refractivity contribution in [3.63, 3.8) is 0 Å². The molecule has 1 aromatic carbocycles. The molecule has 2 aromatic rings. The molecule has 0 bridgehead atoms. The van der Waals surface area contributed by atoms with E-state index in [0.29, 0.717) is 17.1 Å². The second-order valence-electron chi connectivity index (χ2n) is 4.56. The van der Waals surface area contributed by atoms with E-state index < -0.39 is 17.7 Å². The van der Waals surface area contributed by atoms with Crippen molar-refractivity contribution in [2.24, 2.45) is 0 Å². The van der Waals surface area contributed by atoms with Gasteiger partial charge in [-0.2, -0.15) is 13.2 Å². The van der Waals surface area contributed by atoms with E-state index in [1.807, 2.05) is 0 Å². The van der Waals surface area contributed by atoms with E-state index in [1.54, 1.807) is 12.1 Å². The molecule has 25 heavy (non-hydrogen) atoms. The van der Waals surface area contributed by atoms with Crippen LogP contribution in [0.1, 0.15) is 15.9 Å². The van der Waals surface area contributed by atoms with Crippen molar-refractivity contribution < 1.29 is 26.9 Å². The molecular formula is C15H10Cl2F3NO3S. The highest BCUT2D eigenvalue weighted by Gasteiger charge is 2.35. The minimum absolute atomic E-state index is 0.126. The monoisotopic (exact) mass is 411 g/mol. The van der Waals surface area contributed by atoms with Crippen LogP contribution in [0.4, 0.5) is 13.2 Å². The summed E-state index contributed by atoms with van der Waals surface area (Å²) in [4.78, 5) is 15.3. The Balaban J connectivity index is 1.83. The number of alkyl halides is 3. The molecule has 0 saturated heterocycles. The van der Waals surface area contributed by atoms with Gasteiger partial charge in [-0.3, -0.25) is 0 Å². The molecule has 0 radical (unpaired) electrons. The lowest BCUT2D eigenvalue weighted by Crippen LogP contribution is -2.10. The van der Waals surface area contributed by atoms with E-state index in [-0.39, 0.29) is 28.8 Å². The molecule has 0 aliphatic heterocycles. The summed E-state index contributed by atoms with van der Waals surface area (Å²) in [6.45, 7) is -0.272. The minimum Gasteiger partial charge on any atom is -0.460 e.